The van der Waals surface area contributed by atoms with Gasteiger partial charge in [0.15, 0.2) is 0 Å². The Bertz CT molecular complexity index is 726. The van der Waals surface area contributed by atoms with Crippen LogP contribution in [0.15, 0.2) is 42.9 Å². The highest BCUT2D eigenvalue weighted by Crippen LogP contribution is 2.44. The van der Waals surface area contributed by atoms with E-state index in [4.69, 9.17) is 4.74 Å². The predicted octanol–water partition coefficient (Wildman–Crippen LogP) is 2.00. The normalized spacial score (nSPS) is 22.1. The molecule has 6 nitrogen and oxygen atoms in total. The lowest BCUT2D eigenvalue weighted by atomic mass is 9.71. The predicted molar refractivity (Wildman–Crippen MR) is 103 cm³/mol. The number of aromatic amines is 1. The summed E-state index contributed by atoms with van der Waals surface area (Å²) >= 11 is 0. The van der Waals surface area contributed by atoms with Crippen molar-refractivity contribution in [2.75, 3.05) is 32.8 Å². The van der Waals surface area contributed by atoms with Crippen molar-refractivity contribution < 1.29 is 9.53 Å². The Kier molecular flexibility index (Phi) is 5.55. The van der Waals surface area contributed by atoms with Crippen LogP contribution in [0.5, 0.6) is 0 Å². The number of hydrogen-bond acceptors (Lipinski definition) is 4. The lowest BCUT2D eigenvalue weighted by molar-refractivity contribution is -0.129. The van der Waals surface area contributed by atoms with Crippen molar-refractivity contribution >= 4 is 5.91 Å². The molecule has 1 spiro atoms. The minimum atomic E-state index is 0.0359. The number of rotatable bonds is 6. The fourth-order valence-corrected chi connectivity index (χ4v) is 4.55. The molecule has 6 heteroatoms. The van der Waals surface area contributed by atoms with Gasteiger partial charge in [0.25, 0.3) is 0 Å². The van der Waals surface area contributed by atoms with E-state index >= 15 is 0 Å². The van der Waals surface area contributed by atoms with Crippen LogP contribution in [-0.4, -0.2) is 53.6 Å². The molecule has 0 aromatic carbocycles. The van der Waals surface area contributed by atoms with E-state index in [1.165, 1.54) is 11.3 Å². The minimum absolute atomic E-state index is 0.0359. The second kappa shape index (κ2) is 8.23. The number of H-pyrrole nitrogens is 1. The maximum absolute atomic E-state index is 13.1. The monoisotopic (exact) mass is 368 g/mol. The van der Waals surface area contributed by atoms with E-state index < -0.39 is 0 Å². The summed E-state index contributed by atoms with van der Waals surface area (Å²) in [4.78, 5) is 22.8. The van der Waals surface area contributed by atoms with Gasteiger partial charge in [0, 0.05) is 69.1 Å². The van der Waals surface area contributed by atoms with E-state index in [1.54, 1.807) is 12.4 Å². The van der Waals surface area contributed by atoms with Crippen molar-refractivity contribution in [1.82, 2.24) is 20.2 Å². The summed E-state index contributed by atoms with van der Waals surface area (Å²) in [5.74, 6) is 0.230. The zero-order valence-corrected chi connectivity index (χ0v) is 15.7. The Morgan fingerprint density at radius 2 is 2.11 bits per heavy atom. The molecule has 0 saturated carbocycles. The quantitative estimate of drug-likeness (QED) is 0.818. The third-order valence-corrected chi connectivity index (χ3v) is 6.04. The molecule has 2 aliphatic heterocycles. The Morgan fingerprint density at radius 1 is 1.30 bits per heavy atom. The molecule has 2 aromatic rings. The number of ether oxygens (including phenoxy) is 1. The molecule has 1 unspecified atom stereocenters. The Hall–Kier alpha value is -2.18. The van der Waals surface area contributed by atoms with E-state index in [9.17, 15) is 4.79 Å². The summed E-state index contributed by atoms with van der Waals surface area (Å²) in [5, 5.41) is 3.19. The number of pyridine rings is 1. The number of amides is 1. The molecule has 144 valence electrons. The summed E-state index contributed by atoms with van der Waals surface area (Å²) in [6.07, 6.45) is 8.32. The number of nitrogens with one attached hydrogen (secondary N) is 2. The highest BCUT2D eigenvalue weighted by Gasteiger charge is 2.50. The molecular formula is C21H28N4O2. The second-order valence-electron chi connectivity index (χ2n) is 7.79. The van der Waals surface area contributed by atoms with Crippen LogP contribution in [0.4, 0.5) is 0 Å². The van der Waals surface area contributed by atoms with Crippen LogP contribution >= 0.6 is 0 Å². The molecule has 0 radical (unpaired) electrons. The zero-order valence-electron chi connectivity index (χ0n) is 15.7. The standard InChI is InChI=1S/C21H28N4O2/c26-20(24-11-5-17-3-9-22-10-4-17)19-15-25(14-18-2-1-8-23-18)16-21(19)6-12-27-13-7-21/h1-4,8-10,19,23H,5-7,11-16H2,(H,24,26). The Morgan fingerprint density at radius 3 is 2.85 bits per heavy atom. The van der Waals surface area contributed by atoms with Gasteiger partial charge in [0.2, 0.25) is 5.91 Å². The SMILES string of the molecule is O=C(NCCc1ccncc1)C1CN(Cc2ccc[nH]2)CC12CCOCC2. The van der Waals surface area contributed by atoms with Crippen LogP contribution in [0.3, 0.4) is 0 Å². The van der Waals surface area contributed by atoms with E-state index in [1.807, 2.05) is 24.4 Å². The van der Waals surface area contributed by atoms with Gasteiger partial charge < -0.3 is 15.0 Å². The van der Waals surface area contributed by atoms with Crippen molar-refractivity contribution in [2.24, 2.45) is 11.3 Å². The molecule has 4 rings (SSSR count). The molecular weight excluding hydrogens is 340 g/mol. The molecule has 1 atom stereocenters. The lowest BCUT2D eigenvalue weighted by Gasteiger charge is -2.37. The number of likely N-dealkylation sites (tertiary alicyclic amines) is 1. The van der Waals surface area contributed by atoms with Crippen LogP contribution in [0.25, 0.3) is 0 Å². The van der Waals surface area contributed by atoms with Gasteiger partial charge in [-0.1, -0.05) is 0 Å². The van der Waals surface area contributed by atoms with Crippen LogP contribution in [0.2, 0.25) is 0 Å². The topological polar surface area (TPSA) is 70.2 Å². The third kappa shape index (κ3) is 4.22. The smallest absolute Gasteiger partial charge is 0.225 e. The van der Waals surface area contributed by atoms with Crippen molar-refractivity contribution in [2.45, 2.75) is 25.8 Å². The molecule has 2 aromatic heterocycles. The molecule has 2 fully saturated rings. The molecule has 1 amide bonds. The number of carbonyl (C=O) groups excluding carboxylic acids is 1. The van der Waals surface area contributed by atoms with Gasteiger partial charge in [0.1, 0.15) is 0 Å². The summed E-state index contributed by atoms with van der Waals surface area (Å²) in [5.41, 5.74) is 2.45. The summed E-state index contributed by atoms with van der Waals surface area (Å²) in [6, 6.07) is 8.14. The van der Waals surface area contributed by atoms with Gasteiger partial charge in [-0.25, -0.2) is 0 Å². The van der Waals surface area contributed by atoms with Crippen LogP contribution in [0.1, 0.15) is 24.1 Å². The fourth-order valence-electron chi connectivity index (χ4n) is 4.55. The van der Waals surface area contributed by atoms with Crippen molar-refractivity contribution in [3.8, 4) is 0 Å². The van der Waals surface area contributed by atoms with E-state index in [2.05, 4.69) is 26.3 Å². The molecule has 27 heavy (non-hydrogen) atoms. The fraction of sp³-hybridized carbons (Fsp3) is 0.524. The van der Waals surface area contributed by atoms with Gasteiger partial charge in [-0.2, -0.15) is 0 Å². The molecule has 2 aliphatic rings. The highest BCUT2D eigenvalue weighted by atomic mass is 16.5. The maximum atomic E-state index is 13.1. The minimum Gasteiger partial charge on any atom is -0.381 e. The van der Waals surface area contributed by atoms with Gasteiger partial charge in [0.05, 0.1) is 5.92 Å². The van der Waals surface area contributed by atoms with Crippen molar-refractivity contribution in [3.05, 3.63) is 54.1 Å². The number of nitrogens with zero attached hydrogens (tertiary/aromatic N) is 2. The average Bonchev–Trinajstić information content (AvgIpc) is 3.32. The molecule has 2 N–H and O–H groups in total. The van der Waals surface area contributed by atoms with E-state index in [0.29, 0.717) is 6.54 Å². The van der Waals surface area contributed by atoms with Gasteiger partial charge in [-0.15, -0.1) is 0 Å². The van der Waals surface area contributed by atoms with Crippen LogP contribution < -0.4 is 5.32 Å². The van der Waals surface area contributed by atoms with E-state index in [-0.39, 0.29) is 17.2 Å². The first-order chi connectivity index (χ1) is 13.3. The average molecular weight is 368 g/mol. The number of aromatic nitrogens is 2. The molecule has 4 heterocycles. The third-order valence-electron chi connectivity index (χ3n) is 6.04. The maximum Gasteiger partial charge on any atom is 0.225 e. The number of carbonyl (C=O) groups is 1. The van der Waals surface area contributed by atoms with Gasteiger partial charge in [-0.3, -0.25) is 14.7 Å². The summed E-state index contributed by atoms with van der Waals surface area (Å²) in [6.45, 7) is 4.85. The molecule has 0 bridgehead atoms. The summed E-state index contributed by atoms with van der Waals surface area (Å²) < 4.78 is 5.60. The highest BCUT2D eigenvalue weighted by molar-refractivity contribution is 5.80. The first-order valence-electron chi connectivity index (χ1n) is 9.84. The Labute approximate surface area is 160 Å². The lowest BCUT2D eigenvalue weighted by Crippen LogP contribution is -2.44. The second-order valence-corrected chi connectivity index (χ2v) is 7.79. The van der Waals surface area contributed by atoms with E-state index in [0.717, 1.165) is 52.1 Å². The largest absolute Gasteiger partial charge is 0.381 e. The molecule has 2 saturated heterocycles. The first-order valence-corrected chi connectivity index (χ1v) is 9.84. The Balaban J connectivity index is 1.39. The van der Waals surface area contributed by atoms with Crippen LogP contribution in [-0.2, 0) is 22.5 Å². The van der Waals surface area contributed by atoms with Gasteiger partial charge >= 0.3 is 0 Å². The molecule has 0 aliphatic carbocycles. The summed E-state index contributed by atoms with van der Waals surface area (Å²) in [7, 11) is 0. The first kappa shape index (κ1) is 18.2. The number of hydrogen-bond donors (Lipinski definition) is 2. The van der Waals surface area contributed by atoms with Crippen LogP contribution in [0, 0.1) is 11.3 Å². The van der Waals surface area contributed by atoms with Crippen molar-refractivity contribution in [3.63, 3.8) is 0 Å². The zero-order chi connectivity index (χ0) is 18.5. The van der Waals surface area contributed by atoms with Crippen molar-refractivity contribution in [1.29, 1.82) is 0 Å². The van der Waals surface area contributed by atoms with Gasteiger partial charge in [-0.05, 0) is 49.1 Å².